The molecule has 5 nitrogen and oxygen atoms in total. The van der Waals surface area contributed by atoms with Gasteiger partial charge in [-0.25, -0.2) is 9.78 Å². The fourth-order valence-electron chi connectivity index (χ4n) is 3.42. The third kappa shape index (κ3) is 5.09. The van der Waals surface area contributed by atoms with Crippen LogP contribution < -0.4 is 0 Å². The van der Waals surface area contributed by atoms with Gasteiger partial charge in [0.15, 0.2) is 0 Å². The van der Waals surface area contributed by atoms with E-state index in [1.54, 1.807) is 0 Å². The molecule has 0 aromatic carbocycles. The zero-order valence-corrected chi connectivity index (χ0v) is 15.5. The van der Waals surface area contributed by atoms with Crippen LogP contribution in [0.5, 0.6) is 0 Å². The number of pyridine rings is 1. The van der Waals surface area contributed by atoms with Gasteiger partial charge in [0, 0.05) is 18.8 Å². The van der Waals surface area contributed by atoms with Crippen molar-refractivity contribution in [3.63, 3.8) is 0 Å². The predicted molar refractivity (Wildman–Crippen MR) is 99.2 cm³/mol. The number of aromatic nitrogens is 2. The summed E-state index contributed by atoms with van der Waals surface area (Å²) >= 11 is 1.32. The summed E-state index contributed by atoms with van der Waals surface area (Å²) in [5, 5.41) is 9.94. The Morgan fingerprint density at radius 2 is 2.16 bits per heavy atom. The van der Waals surface area contributed by atoms with Crippen molar-refractivity contribution in [2.45, 2.75) is 39.0 Å². The van der Waals surface area contributed by atoms with Gasteiger partial charge in [0.25, 0.3) is 0 Å². The summed E-state index contributed by atoms with van der Waals surface area (Å²) in [6, 6.07) is 2.08. The van der Waals surface area contributed by atoms with E-state index in [4.69, 9.17) is 5.11 Å². The first kappa shape index (κ1) is 18.0. The van der Waals surface area contributed by atoms with Crippen LogP contribution in [0.25, 0.3) is 0 Å². The van der Waals surface area contributed by atoms with Crippen molar-refractivity contribution in [3.05, 3.63) is 45.7 Å². The molecule has 0 aliphatic carbocycles. The van der Waals surface area contributed by atoms with E-state index in [-0.39, 0.29) is 0 Å². The summed E-state index contributed by atoms with van der Waals surface area (Å²) in [6.45, 7) is 5.56. The summed E-state index contributed by atoms with van der Waals surface area (Å²) in [5.74, 6) is -0.243. The van der Waals surface area contributed by atoms with Crippen molar-refractivity contribution in [1.29, 1.82) is 0 Å². The first-order chi connectivity index (χ1) is 12.1. The Hall–Kier alpha value is -1.79. The second kappa shape index (κ2) is 8.54. The van der Waals surface area contributed by atoms with Crippen LogP contribution in [0.3, 0.4) is 0 Å². The van der Waals surface area contributed by atoms with E-state index in [2.05, 4.69) is 27.9 Å². The molecule has 0 bridgehead atoms. The van der Waals surface area contributed by atoms with Crippen molar-refractivity contribution >= 4 is 17.3 Å². The zero-order valence-electron chi connectivity index (χ0n) is 14.6. The molecule has 1 aliphatic rings. The summed E-state index contributed by atoms with van der Waals surface area (Å²) in [5.41, 5.74) is 2.69. The number of likely N-dealkylation sites (tertiary alicyclic amines) is 1. The lowest BCUT2D eigenvalue weighted by molar-refractivity contribution is 0.0702. The van der Waals surface area contributed by atoms with Crippen molar-refractivity contribution < 1.29 is 9.90 Å². The molecule has 0 spiro atoms. The van der Waals surface area contributed by atoms with E-state index in [0.717, 1.165) is 37.5 Å². The smallest absolute Gasteiger partial charge is 0.347 e. The quantitative estimate of drug-likeness (QED) is 0.820. The van der Waals surface area contributed by atoms with E-state index in [1.165, 1.54) is 47.9 Å². The summed E-state index contributed by atoms with van der Waals surface area (Å²) in [4.78, 5) is 22.3. The largest absolute Gasteiger partial charge is 0.477 e. The van der Waals surface area contributed by atoms with Crippen molar-refractivity contribution in [2.75, 3.05) is 19.6 Å². The van der Waals surface area contributed by atoms with E-state index >= 15 is 0 Å². The molecule has 134 valence electrons. The molecule has 1 fully saturated rings. The maximum atomic E-state index is 10.9. The molecule has 2 aromatic rings. The van der Waals surface area contributed by atoms with E-state index in [1.807, 2.05) is 12.4 Å². The third-order valence-electron chi connectivity index (χ3n) is 5.00. The molecule has 0 amide bonds. The number of hydrogen-bond donors (Lipinski definition) is 1. The first-order valence-electron chi connectivity index (χ1n) is 8.91. The normalized spacial score (nSPS) is 16.2. The van der Waals surface area contributed by atoms with E-state index in [0.29, 0.717) is 10.8 Å². The van der Waals surface area contributed by atoms with Gasteiger partial charge in [-0.05, 0) is 75.4 Å². The number of carboxylic acids is 1. The van der Waals surface area contributed by atoms with Gasteiger partial charge in [0.1, 0.15) is 4.88 Å². The molecule has 0 radical (unpaired) electrons. The highest BCUT2D eigenvalue weighted by atomic mass is 32.1. The molecule has 1 aliphatic heterocycles. The summed E-state index contributed by atoms with van der Waals surface area (Å²) in [6.07, 6.45) is 10.9. The number of hydrogen-bond acceptors (Lipinski definition) is 5. The van der Waals surface area contributed by atoms with Crippen LogP contribution >= 0.6 is 11.3 Å². The van der Waals surface area contributed by atoms with Gasteiger partial charge in [0.05, 0.1) is 11.2 Å². The SMILES string of the molecule is Cc1ccncc1CCCN1CCC(Cc2ncc(C(=O)O)s2)CC1. The lowest BCUT2D eigenvalue weighted by atomic mass is 9.93. The van der Waals surface area contributed by atoms with Gasteiger partial charge >= 0.3 is 5.97 Å². The molecule has 25 heavy (non-hydrogen) atoms. The Kier molecular flexibility index (Phi) is 6.15. The van der Waals surface area contributed by atoms with Gasteiger partial charge in [0.2, 0.25) is 0 Å². The molecule has 6 heteroatoms. The Bertz CT molecular complexity index is 708. The Morgan fingerprint density at radius 3 is 2.84 bits per heavy atom. The Morgan fingerprint density at radius 1 is 1.36 bits per heavy atom. The highest BCUT2D eigenvalue weighted by Crippen LogP contribution is 2.24. The number of aromatic carboxylic acids is 1. The van der Waals surface area contributed by atoms with Gasteiger partial charge in [-0.3, -0.25) is 4.98 Å². The number of piperidine rings is 1. The number of carbonyl (C=O) groups is 1. The van der Waals surface area contributed by atoms with Gasteiger partial charge in [-0.2, -0.15) is 0 Å². The van der Waals surface area contributed by atoms with Crippen LogP contribution in [-0.4, -0.2) is 45.6 Å². The second-order valence-electron chi connectivity index (χ2n) is 6.82. The molecule has 0 atom stereocenters. The molecule has 3 rings (SSSR count). The third-order valence-corrected chi connectivity index (χ3v) is 6.01. The van der Waals surface area contributed by atoms with Crippen LogP contribution in [-0.2, 0) is 12.8 Å². The molecular formula is C19H25N3O2S. The standard InChI is InChI=1S/C19H25N3O2S/c1-14-4-7-20-12-16(14)3-2-8-22-9-5-15(6-10-22)11-18-21-13-17(25-18)19(23)24/h4,7,12-13,15H,2-3,5-6,8-11H2,1H3,(H,23,24). The monoisotopic (exact) mass is 359 g/mol. The minimum atomic E-state index is -0.873. The van der Waals surface area contributed by atoms with Crippen LogP contribution in [0.2, 0.25) is 0 Å². The van der Waals surface area contributed by atoms with Gasteiger partial charge in [-0.1, -0.05) is 0 Å². The van der Waals surface area contributed by atoms with Crippen molar-refractivity contribution in [3.8, 4) is 0 Å². The highest BCUT2D eigenvalue weighted by molar-refractivity contribution is 7.13. The van der Waals surface area contributed by atoms with Gasteiger partial charge in [-0.15, -0.1) is 11.3 Å². The Labute approximate surface area is 152 Å². The zero-order chi connectivity index (χ0) is 17.6. The molecule has 3 heterocycles. The van der Waals surface area contributed by atoms with Crippen LogP contribution in [0, 0.1) is 12.8 Å². The van der Waals surface area contributed by atoms with Crippen molar-refractivity contribution in [1.82, 2.24) is 14.9 Å². The summed E-state index contributed by atoms with van der Waals surface area (Å²) < 4.78 is 0. The molecule has 1 saturated heterocycles. The van der Waals surface area contributed by atoms with Crippen LogP contribution in [0.1, 0.15) is 45.1 Å². The number of aryl methyl sites for hydroxylation is 2. The summed E-state index contributed by atoms with van der Waals surface area (Å²) in [7, 11) is 0. The molecule has 0 unspecified atom stereocenters. The fraction of sp³-hybridized carbons (Fsp3) is 0.526. The van der Waals surface area contributed by atoms with E-state index in [9.17, 15) is 4.79 Å². The second-order valence-corrected chi connectivity index (χ2v) is 7.93. The minimum absolute atomic E-state index is 0.345. The molecule has 1 N–H and O–H groups in total. The van der Waals surface area contributed by atoms with E-state index < -0.39 is 5.97 Å². The molecule has 2 aromatic heterocycles. The number of nitrogens with zero attached hydrogens (tertiary/aromatic N) is 3. The maximum Gasteiger partial charge on any atom is 0.347 e. The average molecular weight is 359 g/mol. The molecular weight excluding hydrogens is 334 g/mol. The van der Waals surface area contributed by atoms with Gasteiger partial charge < -0.3 is 10.0 Å². The average Bonchev–Trinajstić information content (AvgIpc) is 3.07. The predicted octanol–water partition coefficient (Wildman–Crippen LogP) is 3.43. The van der Waals surface area contributed by atoms with Crippen LogP contribution in [0.15, 0.2) is 24.7 Å². The highest BCUT2D eigenvalue weighted by Gasteiger charge is 2.21. The minimum Gasteiger partial charge on any atom is -0.477 e. The fourth-order valence-corrected chi connectivity index (χ4v) is 4.29. The maximum absolute atomic E-state index is 10.9. The first-order valence-corrected chi connectivity index (χ1v) is 9.73. The Balaban J connectivity index is 1.38. The molecule has 0 saturated carbocycles. The van der Waals surface area contributed by atoms with Crippen molar-refractivity contribution in [2.24, 2.45) is 5.92 Å². The lowest BCUT2D eigenvalue weighted by Crippen LogP contribution is -2.35. The number of carboxylic acid groups (broad SMARTS) is 1. The number of thiazole rings is 1. The number of rotatable bonds is 7. The topological polar surface area (TPSA) is 66.3 Å². The lowest BCUT2D eigenvalue weighted by Gasteiger charge is -2.31. The van der Waals surface area contributed by atoms with Crippen LogP contribution in [0.4, 0.5) is 0 Å².